The summed E-state index contributed by atoms with van der Waals surface area (Å²) in [6.45, 7) is 10.7. The normalized spacial score (nSPS) is 18.1. The Hall–Kier alpha value is -4.54. The number of carbonyl (C=O) groups is 2. The van der Waals surface area contributed by atoms with Gasteiger partial charge in [0.15, 0.2) is 11.5 Å². The summed E-state index contributed by atoms with van der Waals surface area (Å²) in [5.74, 6) is 0.785. The van der Waals surface area contributed by atoms with Crippen LogP contribution < -0.4 is 10.6 Å². The predicted octanol–water partition coefficient (Wildman–Crippen LogP) is 3.92. The van der Waals surface area contributed by atoms with Gasteiger partial charge in [-0.3, -0.25) is 14.7 Å². The molecule has 40 heavy (non-hydrogen) atoms. The molecule has 2 amide bonds. The number of aromatic nitrogens is 5. The van der Waals surface area contributed by atoms with Crippen LogP contribution in [0.25, 0.3) is 22.2 Å². The first kappa shape index (κ1) is 25.7. The number of likely N-dealkylation sites (tertiary alicyclic amines) is 1. The maximum atomic E-state index is 12.9. The zero-order valence-electron chi connectivity index (χ0n) is 22.8. The Morgan fingerprint density at radius 2 is 1.98 bits per heavy atom. The maximum absolute atomic E-state index is 12.9. The van der Waals surface area contributed by atoms with Crippen LogP contribution in [0.15, 0.2) is 53.7 Å². The third-order valence-corrected chi connectivity index (χ3v) is 7.60. The molecule has 11 nitrogen and oxygen atoms in total. The standard InChI is InChI=1S/C29H32N8O3/c1-5-21(38)37-15-11-19(16-37)31-24-22-20(10-14-30-23(22)34-35-24)17-6-8-18(9-7-17)29(12-13-29)33-26(39)25-32-27(40-36-25)28(2,3)4/h5-10,14,19H,1,11-13,15-16H2,2-4H3,(H,33,39)(H2,30,31,34,35). The van der Waals surface area contributed by atoms with E-state index < -0.39 is 5.54 Å². The number of nitrogens with one attached hydrogen (secondary N) is 3. The van der Waals surface area contributed by atoms with Gasteiger partial charge >= 0.3 is 0 Å². The highest BCUT2D eigenvalue weighted by molar-refractivity contribution is 6.00. The van der Waals surface area contributed by atoms with Gasteiger partial charge in [0, 0.05) is 30.7 Å². The van der Waals surface area contributed by atoms with Crippen LogP contribution in [-0.2, 0) is 15.7 Å². The second kappa shape index (κ2) is 9.58. The number of hydrogen-bond donors (Lipinski definition) is 3. The van der Waals surface area contributed by atoms with Crippen LogP contribution in [0.2, 0.25) is 0 Å². The Balaban J connectivity index is 1.21. The van der Waals surface area contributed by atoms with Crippen molar-refractivity contribution >= 4 is 28.7 Å². The number of aromatic amines is 1. The van der Waals surface area contributed by atoms with Gasteiger partial charge in [0.1, 0.15) is 0 Å². The smallest absolute Gasteiger partial charge is 0.293 e. The molecule has 1 aliphatic heterocycles. The zero-order valence-corrected chi connectivity index (χ0v) is 22.8. The Bertz CT molecular complexity index is 1590. The van der Waals surface area contributed by atoms with E-state index in [1.165, 1.54) is 6.08 Å². The molecule has 0 radical (unpaired) electrons. The van der Waals surface area contributed by atoms with E-state index in [4.69, 9.17) is 4.52 Å². The van der Waals surface area contributed by atoms with Gasteiger partial charge in [0.25, 0.3) is 11.7 Å². The largest absolute Gasteiger partial charge is 0.363 e. The highest BCUT2D eigenvalue weighted by Gasteiger charge is 2.46. The minimum absolute atomic E-state index is 0.0474. The fraction of sp³-hybridized carbons (Fsp3) is 0.379. The number of benzene rings is 1. The molecule has 3 aromatic heterocycles. The van der Waals surface area contributed by atoms with Crippen molar-refractivity contribution in [3.8, 4) is 11.1 Å². The molecule has 6 rings (SSSR count). The summed E-state index contributed by atoms with van der Waals surface area (Å²) in [7, 11) is 0. The highest BCUT2D eigenvalue weighted by atomic mass is 16.5. The van der Waals surface area contributed by atoms with E-state index in [2.05, 4.69) is 66.8 Å². The molecule has 0 bridgehead atoms. The van der Waals surface area contributed by atoms with Gasteiger partial charge in [-0.1, -0.05) is 56.8 Å². The second-order valence-corrected chi connectivity index (χ2v) is 11.6. The lowest BCUT2D eigenvalue weighted by molar-refractivity contribution is -0.125. The molecular weight excluding hydrogens is 508 g/mol. The molecule has 1 atom stereocenters. The molecule has 4 aromatic rings. The molecule has 1 aliphatic carbocycles. The molecule has 1 aromatic carbocycles. The average Bonchev–Trinajstić information content (AvgIpc) is 3.33. The van der Waals surface area contributed by atoms with E-state index in [9.17, 15) is 9.59 Å². The lowest BCUT2D eigenvalue weighted by Crippen LogP contribution is -2.35. The number of fused-ring (bicyclic) bond motifs is 1. The summed E-state index contributed by atoms with van der Waals surface area (Å²) in [6.07, 6.45) is 5.61. The van der Waals surface area contributed by atoms with Crippen LogP contribution in [-0.4, -0.2) is 61.2 Å². The van der Waals surface area contributed by atoms with Crippen molar-refractivity contribution in [1.82, 2.24) is 35.5 Å². The van der Waals surface area contributed by atoms with Crippen molar-refractivity contribution in [3.05, 3.63) is 66.5 Å². The molecule has 0 spiro atoms. The van der Waals surface area contributed by atoms with Crippen molar-refractivity contribution in [1.29, 1.82) is 0 Å². The van der Waals surface area contributed by atoms with E-state index in [1.54, 1.807) is 11.1 Å². The van der Waals surface area contributed by atoms with E-state index >= 15 is 0 Å². The third kappa shape index (κ3) is 4.72. The molecule has 1 saturated carbocycles. The number of amides is 2. The number of H-pyrrole nitrogens is 1. The quantitative estimate of drug-likeness (QED) is 0.300. The molecule has 3 N–H and O–H groups in total. The maximum Gasteiger partial charge on any atom is 0.293 e. The molecule has 206 valence electrons. The molecule has 1 unspecified atom stereocenters. The Morgan fingerprint density at radius 3 is 2.65 bits per heavy atom. The number of pyridine rings is 1. The Morgan fingerprint density at radius 1 is 1.20 bits per heavy atom. The van der Waals surface area contributed by atoms with Crippen molar-refractivity contribution < 1.29 is 14.1 Å². The van der Waals surface area contributed by atoms with Gasteiger partial charge in [0.05, 0.1) is 10.9 Å². The fourth-order valence-electron chi connectivity index (χ4n) is 5.17. The Kier molecular flexibility index (Phi) is 6.16. The average molecular weight is 541 g/mol. The van der Waals surface area contributed by atoms with Crippen LogP contribution in [0, 0.1) is 0 Å². The first-order chi connectivity index (χ1) is 19.2. The highest BCUT2D eigenvalue weighted by Crippen LogP contribution is 2.46. The van der Waals surface area contributed by atoms with Crippen molar-refractivity contribution in [2.24, 2.45) is 0 Å². The molecular formula is C29H32N8O3. The van der Waals surface area contributed by atoms with Crippen LogP contribution in [0.4, 0.5) is 5.82 Å². The van der Waals surface area contributed by atoms with E-state index in [1.807, 2.05) is 26.8 Å². The summed E-state index contributed by atoms with van der Waals surface area (Å²) < 4.78 is 5.30. The third-order valence-electron chi connectivity index (χ3n) is 7.60. The summed E-state index contributed by atoms with van der Waals surface area (Å²) >= 11 is 0. The van der Waals surface area contributed by atoms with E-state index in [0.717, 1.165) is 41.3 Å². The van der Waals surface area contributed by atoms with Crippen molar-refractivity contribution in [2.45, 2.75) is 57.0 Å². The predicted molar refractivity (Wildman–Crippen MR) is 150 cm³/mol. The summed E-state index contributed by atoms with van der Waals surface area (Å²) in [6, 6.07) is 10.3. The van der Waals surface area contributed by atoms with Gasteiger partial charge in [-0.15, -0.1) is 0 Å². The molecule has 2 aliphatic rings. The van der Waals surface area contributed by atoms with Gasteiger partial charge in [-0.25, -0.2) is 4.98 Å². The van der Waals surface area contributed by atoms with Crippen molar-refractivity contribution in [3.63, 3.8) is 0 Å². The van der Waals surface area contributed by atoms with Gasteiger partial charge < -0.3 is 20.1 Å². The lowest BCUT2D eigenvalue weighted by atomic mass is 9.97. The van der Waals surface area contributed by atoms with Crippen LogP contribution in [0.5, 0.6) is 0 Å². The number of nitrogens with zero attached hydrogens (tertiary/aromatic N) is 5. The second-order valence-electron chi connectivity index (χ2n) is 11.6. The number of rotatable bonds is 7. The molecule has 1 saturated heterocycles. The number of carbonyl (C=O) groups excluding carboxylic acids is 2. The first-order valence-electron chi connectivity index (χ1n) is 13.5. The summed E-state index contributed by atoms with van der Waals surface area (Å²) in [5, 5.41) is 18.9. The van der Waals surface area contributed by atoms with Gasteiger partial charge in [0.2, 0.25) is 11.8 Å². The van der Waals surface area contributed by atoms with Crippen LogP contribution in [0.3, 0.4) is 0 Å². The minimum atomic E-state index is -0.439. The van der Waals surface area contributed by atoms with Gasteiger partial charge in [-0.2, -0.15) is 10.1 Å². The molecule has 11 heteroatoms. The zero-order chi connectivity index (χ0) is 28.1. The number of anilines is 1. The van der Waals surface area contributed by atoms with Crippen molar-refractivity contribution in [2.75, 3.05) is 18.4 Å². The summed E-state index contributed by atoms with van der Waals surface area (Å²) in [4.78, 5) is 35.5. The van der Waals surface area contributed by atoms with E-state index in [0.29, 0.717) is 30.4 Å². The first-order valence-corrected chi connectivity index (χ1v) is 13.5. The van der Waals surface area contributed by atoms with E-state index in [-0.39, 0.29) is 29.1 Å². The topological polar surface area (TPSA) is 142 Å². The minimum Gasteiger partial charge on any atom is -0.363 e. The Labute approximate surface area is 231 Å². The van der Waals surface area contributed by atoms with Crippen LogP contribution in [0.1, 0.15) is 62.1 Å². The van der Waals surface area contributed by atoms with Crippen LogP contribution >= 0.6 is 0 Å². The fourth-order valence-corrected chi connectivity index (χ4v) is 5.17. The van der Waals surface area contributed by atoms with Gasteiger partial charge in [-0.05, 0) is 48.1 Å². The monoisotopic (exact) mass is 540 g/mol. The lowest BCUT2D eigenvalue weighted by Gasteiger charge is -2.18. The molecule has 2 fully saturated rings. The summed E-state index contributed by atoms with van der Waals surface area (Å²) in [5.41, 5.74) is 2.93. The molecule has 4 heterocycles. The number of hydrogen-bond acceptors (Lipinski definition) is 8. The SMILES string of the molecule is C=CC(=O)N1CCC(Nc2n[nH]c3nccc(-c4ccc(C5(NC(=O)c6noc(C(C)(C)C)n6)CC5)cc4)c23)C1.